The lowest BCUT2D eigenvalue weighted by atomic mass is 10.1. The van der Waals surface area contributed by atoms with E-state index >= 15 is 0 Å². The number of ether oxygens (including phenoxy) is 1. The molecule has 0 saturated carbocycles. The van der Waals surface area contributed by atoms with Gasteiger partial charge in [0, 0.05) is 17.1 Å². The average molecular weight is 300 g/mol. The molecule has 21 heavy (non-hydrogen) atoms. The van der Waals surface area contributed by atoms with Crippen molar-refractivity contribution < 1.29 is 9.53 Å². The second kappa shape index (κ2) is 6.10. The van der Waals surface area contributed by atoms with Crippen LogP contribution in [0.3, 0.4) is 0 Å². The van der Waals surface area contributed by atoms with Crippen LogP contribution < -0.4 is 15.4 Å². The van der Waals surface area contributed by atoms with Gasteiger partial charge in [0.15, 0.2) is 6.61 Å². The van der Waals surface area contributed by atoms with Crippen LogP contribution in [-0.4, -0.2) is 18.8 Å². The van der Waals surface area contributed by atoms with Gasteiger partial charge in [0.05, 0.1) is 5.69 Å². The fourth-order valence-corrected chi connectivity index (χ4v) is 2.80. The molecule has 3 rings (SSSR count). The van der Waals surface area contributed by atoms with Crippen molar-refractivity contribution in [3.05, 3.63) is 48.0 Å². The van der Waals surface area contributed by atoms with Crippen molar-refractivity contribution in [1.82, 2.24) is 0 Å². The largest absolute Gasteiger partial charge is 0.482 e. The number of benzene rings is 2. The van der Waals surface area contributed by atoms with E-state index in [9.17, 15) is 4.79 Å². The van der Waals surface area contributed by atoms with Crippen LogP contribution in [0.2, 0.25) is 0 Å². The number of carbonyl (C=O) groups excluding carboxylic acids is 1. The summed E-state index contributed by atoms with van der Waals surface area (Å²) in [5.41, 5.74) is 2.95. The van der Waals surface area contributed by atoms with Crippen molar-refractivity contribution in [1.29, 1.82) is 0 Å². The van der Waals surface area contributed by atoms with E-state index in [4.69, 9.17) is 4.74 Å². The summed E-state index contributed by atoms with van der Waals surface area (Å²) in [6.45, 7) is 0.784. The molecular weight excluding hydrogens is 284 g/mol. The monoisotopic (exact) mass is 300 g/mol. The first-order valence-corrected chi connectivity index (χ1v) is 7.91. The summed E-state index contributed by atoms with van der Waals surface area (Å²) in [5, 5.41) is 6.25. The predicted molar refractivity (Wildman–Crippen MR) is 86.1 cm³/mol. The molecule has 108 valence electrons. The third-order valence-corrected chi connectivity index (χ3v) is 4.06. The first kappa shape index (κ1) is 13.8. The van der Waals surface area contributed by atoms with Gasteiger partial charge in [0.2, 0.25) is 0 Å². The molecule has 0 saturated heterocycles. The first-order chi connectivity index (χ1) is 10.3. The van der Waals surface area contributed by atoms with E-state index in [1.807, 2.05) is 30.3 Å². The second-order valence-corrected chi connectivity index (χ2v) is 5.57. The molecule has 0 atom stereocenters. The fraction of sp³-hybridized carbons (Fsp3) is 0.188. The van der Waals surface area contributed by atoms with Crippen molar-refractivity contribution in [3.63, 3.8) is 0 Å². The smallest absolute Gasteiger partial charge is 0.262 e. The molecule has 1 aliphatic rings. The van der Waals surface area contributed by atoms with Crippen molar-refractivity contribution in [2.45, 2.75) is 11.4 Å². The molecule has 2 aromatic carbocycles. The van der Waals surface area contributed by atoms with Gasteiger partial charge in [-0.25, -0.2) is 0 Å². The van der Waals surface area contributed by atoms with E-state index in [-0.39, 0.29) is 12.5 Å². The Bertz CT molecular complexity index is 673. The molecule has 0 fully saturated rings. The number of amides is 1. The highest BCUT2D eigenvalue weighted by atomic mass is 32.2. The normalized spacial score (nSPS) is 13.1. The third kappa shape index (κ3) is 3.13. The molecule has 0 bridgehead atoms. The van der Waals surface area contributed by atoms with Crippen molar-refractivity contribution >= 4 is 29.0 Å². The summed E-state index contributed by atoms with van der Waals surface area (Å²) in [6.07, 6.45) is 2.06. The van der Waals surface area contributed by atoms with Crippen LogP contribution >= 0.6 is 11.8 Å². The summed E-state index contributed by atoms with van der Waals surface area (Å²) in [6, 6.07) is 14.0. The number of hydrogen-bond acceptors (Lipinski definition) is 4. The van der Waals surface area contributed by atoms with E-state index in [0.717, 1.165) is 22.7 Å². The van der Waals surface area contributed by atoms with Gasteiger partial charge in [0.25, 0.3) is 5.91 Å². The number of hydrogen-bond donors (Lipinski definition) is 2. The lowest BCUT2D eigenvalue weighted by Crippen LogP contribution is -2.25. The minimum atomic E-state index is -0.111. The minimum Gasteiger partial charge on any atom is -0.482 e. The van der Waals surface area contributed by atoms with Gasteiger partial charge in [-0.1, -0.05) is 18.2 Å². The third-order valence-electron chi connectivity index (χ3n) is 3.27. The number of para-hydroxylation sites is 1. The number of rotatable bonds is 4. The highest BCUT2D eigenvalue weighted by Gasteiger charge is 2.15. The molecular formula is C16H16N2O2S. The maximum atomic E-state index is 11.3. The van der Waals surface area contributed by atoms with Crippen LogP contribution in [0.1, 0.15) is 5.56 Å². The van der Waals surface area contributed by atoms with Crippen molar-refractivity contribution in [2.75, 3.05) is 23.5 Å². The van der Waals surface area contributed by atoms with E-state index in [2.05, 4.69) is 29.0 Å². The molecule has 0 radical (unpaired) electrons. The Labute approximate surface area is 127 Å². The van der Waals surface area contributed by atoms with Gasteiger partial charge in [0.1, 0.15) is 5.75 Å². The summed E-state index contributed by atoms with van der Waals surface area (Å²) >= 11 is 1.71. The highest BCUT2D eigenvalue weighted by Crippen LogP contribution is 2.29. The standard InChI is InChI=1S/C16H16N2O2S/c1-21-15-5-3-2-4-12(15)17-9-11-6-7-14-13(8-11)18-16(19)10-20-14/h2-8,17H,9-10H2,1H3,(H,18,19). The average Bonchev–Trinajstić information content (AvgIpc) is 2.52. The highest BCUT2D eigenvalue weighted by molar-refractivity contribution is 7.98. The zero-order chi connectivity index (χ0) is 14.7. The van der Waals surface area contributed by atoms with Gasteiger partial charge in [-0.15, -0.1) is 11.8 Å². The predicted octanol–water partition coefficient (Wildman–Crippen LogP) is 3.35. The molecule has 1 aliphatic heterocycles. The molecule has 1 heterocycles. The summed E-state index contributed by atoms with van der Waals surface area (Å²) in [5.74, 6) is 0.614. The lowest BCUT2D eigenvalue weighted by molar-refractivity contribution is -0.118. The molecule has 0 aliphatic carbocycles. The second-order valence-electron chi connectivity index (χ2n) is 4.72. The van der Waals surface area contributed by atoms with Gasteiger partial charge < -0.3 is 15.4 Å². The topological polar surface area (TPSA) is 50.4 Å². The molecule has 5 heteroatoms. The Morgan fingerprint density at radius 3 is 3.00 bits per heavy atom. The summed E-state index contributed by atoms with van der Waals surface area (Å²) in [7, 11) is 0. The SMILES string of the molecule is CSc1ccccc1NCc1ccc2c(c1)NC(=O)CO2. The molecule has 1 amide bonds. The Morgan fingerprint density at radius 2 is 2.14 bits per heavy atom. The van der Waals surface area contributed by atoms with Crippen molar-refractivity contribution in [3.8, 4) is 5.75 Å². The minimum absolute atomic E-state index is 0.0890. The van der Waals surface area contributed by atoms with E-state index in [0.29, 0.717) is 6.54 Å². The van der Waals surface area contributed by atoms with E-state index < -0.39 is 0 Å². The van der Waals surface area contributed by atoms with Crippen LogP contribution in [0.15, 0.2) is 47.4 Å². The fourth-order valence-electron chi connectivity index (χ4n) is 2.23. The van der Waals surface area contributed by atoms with Crippen molar-refractivity contribution in [2.24, 2.45) is 0 Å². The Balaban J connectivity index is 1.74. The van der Waals surface area contributed by atoms with Gasteiger partial charge in [-0.05, 0) is 36.1 Å². The van der Waals surface area contributed by atoms with Crippen LogP contribution in [0.25, 0.3) is 0 Å². The van der Waals surface area contributed by atoms with Gasteiger partial charge in [-0.2, -0.15) is 0 Å². The van der Waals surface area contributed by atoms with Gasteiger partial charge in [-0.3, -0.25) is 4.79 Å². The molecule has 2 N–H and O–H groups in total. The zero-order valence-corrected chi connectivity index (χ0v) is 12.5. The van der Waals surface area contributed by atoms with Crippen LogP contribution in [0.4, 0.5) is 11.4 Å². The summed E-state index contributed by atoms with van der Waals surface area (Å²) < 4.78 is 5.35. The van der Waals surface area contributed by atoms with Crippen LogP contribution in [0.5, 0.6) is 5.75 Å². The summed E-state index contributed by atoms with van der Waals surface area (Å²) in [4.78, 5) is 12.6. The van der Waals surface area contributed by atoms with E-state index in [1.54, 1.807) is 11.8 Å². The molecule has 0 aromatic heterocycles. The maximum absolute atomic E-state index is 11.3. The quantitative estimate of drug-likeness (QED) is 0.850. The van der Waals surface area contributed by atoms with Gasteiger partial charge >= 0.3 is 0 Å². The molecule has 0 spiro atoms. The molecule has 4 nitrogen and oxygen atoms in total. The number of carbonyl (C=O) groups is 1. The zero-order valence-electron chi connectivity index (χ0n) is 11.7. The Hall–Kier alpha value is -2.14. The number of fused-ring (bicyclic) bond motifs is 1. The Kier molecular flexibility index (Phi) is 4.01. The number of anilines is 2. The van der Waals surface area contributed by atoms with Crippen LogP contribution in [-0.2, 0) is 11.3 Å². The number of thioether (sulfide) groups is 1. The maximum Gasteiger partial charge on any atom is 0.262 e. The van der Waals surface area contributed by atoms with Crippen LogP contribution in [0, 0.1) is 0 Å². The number of nitrogens with one attached hydrogen (secondary N) is 2. The lowest BCUT2D eigenvalue weighted by Gasteiger charge is -2.19. The first-order valence-electron chi connectivity index (χ1n) is 6.69. The van der Waals surface area contributed by atoms with E-state index in [1.165, 1.54) is 4.90 Å². The molecule has 0 unspecified atom stereocenters. The molecule has 2 aromatic rings. The Morgan fingerprint density at radius 1 is 1.29 bits per heavy atom.